The molecule has 0 saturated carbocycles. The third-order valence-corrected chi connectivity index (χ3v) is 6.29. The van der Waals surface area contributed by atoms with Crippen molar-refractivity contribution in [3.05, 3.63) is 53.3 Å². The van der Waals surface area contributed by atoms with E-state index in [0.29, 0.717) is 11.6 Å². The van der Waals surface area contributed by atoms with Gasteiger partial charge in [0.1, 0.15) is 5.69 Å². The summed E-state index contributed by atoms with van der Waals surface area (Å²) in [5.41, 5.74) is 3.07. The lowest BCUT2D eigenvalue weighted by molar-refractivity contribution is -0.192. The van der Waals surface area contributed by atoms with Gasteiger partial charge in [0.15, 0.2) is 0 Å². The predicted molar refractivity (Wildman–Crippen MR) is 111 cm³/mol. The minimum atomic E-state index is -5.08. The van der Waals surface area contributed by atoms with Gasteiger partial charge in [-0.1, -0.05) is 37.3 Å². The number of fused-ring (bicyclic) bond motifs is 1. The Balaban J connectivity index is 0.000000360. The van der Waals surface area contributed by atoms with Crippen molar-refractivity contribution in [2.45, 2.75) is 31.9 Å². The number of halogens is 3. The van der Waals surface area contributed by atoms with Gasteiger partial charge in [-0.05, 0) is 31.5 Å². The molecule has 2 atom stereocenters. The zero-order valence-corrected chi connectivity index (χ0v) is 18.0. The molecular formula is C22H27F3N4O3. The summed E-state index contributed by atoms with van der Waals surface area (Å²) in [7, 11) is 0. The average molecular weight is 452 g/mol. The highest BCUT2D eigenvalue weighted by Gasteiger charge is 2.50. The van der Waals surface area contributed by atoms with Crippen molar-refractivity contribution in [3.8, 4) is 0 Å². The number of hydrogen-bond donors (Lipinski definition) is 2. The van der Waals surface area contributed by atoms with Crippen molar-refractivity contribution in [1.29, 1.82) is 0 Å². The number of benzene rings is 1. The minimum absolute atomic E-state index is 0.0564. The molecule has 2 unspecified atom stereocenters. The van der Waals surface area contributed by atoms with Gasteiger partial charge in [-0.3, -0.25) is 9.89 Å². The first-order chi connectivity index (χ1) is 15.1. The summed E-state index contributed by atoms with van der Waals surface area (Å²) in [6.45, 7) is 9.00. The van der Waals surface area contributed by atoms with Crippen LogP contribution in [0.2, 0.25) is 0 Å². The number of H-pyrrole nitrogens is 1. The molecule has 174 valence electrons. The van der Waals surface area contributed by atoms with E-state index in [1.165, 1.54) is 5.56 Å². The maximum atomic E-state index is 12.8. The van der Waals surface area contributed by atoms with Crippen LogP contribution in [0.4, 0.5) is 13.2 Å². The molecule has 2 N–H and O–H groups in total. The highest BCUT2D eigenvalue weighted by Crippen LogP contribution is 2.45. The molecule has 10 heteroatoms. The number of likely N-dealkylation sites (N-methyl/N-ethyl adjacent to an activating group) is 1. The van der Waals surface area contributed by atoms with Crippen LogP contribution in [0.25, 0.3) is 0 Å². The highest BCUT2D eigenvalue weighted by atomic mass is 19.4. The lowest BCUT2D eigenvalue weighted by atomic mass is 9.68. The SMILES string of the molecule is CCN1CC2CN(C(=O)c3cc(C)[nH]n3)CCC2(c2ccccc2)C1.O=C(O)C(F)(F)F. The molecule has 4 rings (SSSR count). The molecule has 0 aliphatic carbocycles. The number of carboxylic acid groups (broad SMARTS) is 1. The summed E-state index contributed by atoms with van der Waals surface area (Å²) in [6, 6.07) is 12.7. The van der Waals surface area contributed by atoms with Crippen LogP contribution in [0.1, 0.15) is 35.1 Å². The van der Waals surface area contributed by atoms with E-state index in [4.69, 9.17) is 9.90 Å². The number of carboxylic acids is 1. The molecule has 0 radical (unpaired) electrons. The minimum Gasteiger partial charge on any atom is -0.475 e. The number of nitrogens with zero attached hydrogens (tertiary/aromatic N) is 3. The zero-order chi connectivity index (χ0) is 23.5. The van der Waals surface area contributed by atoms with Crippen molar-refractivity contribution in [2.24, 2.45) is 5.92 Å². The Morgan fingerprint density at radius 2 is 1.91 bits per heavy atom. The molecular weight excluding hydrogens is 425 g/mol. The van der Waals surface area contributed by atoms with Crippen molar-refractivity contribution < 1.29 is 27.9 Å². The van der Waals surface area contributed by atoms with Crippen LogP contribution in [0, 0.1) is 12.8 Å². The third kappa shape index (κ3) is 4.95. The number of carbonyl (C=O) groups excluding carboxylic acids is 1. The number of piperidine rings is 1. The molecule has 7 nitrogen and oxygen atoms in total. The summed E-state index contributed by atoms with van der Waals surface area (Å²) in [6.07, 6.45) is -4.06. The Bertz CT molecular complexity index is 947. The molecule has 1 aromatic heterocycles. The maximum Gasteiger partial charge on any atom is 0.490 e. The molecule has 1 aromatic carbocycles. The standard InChI is InChI=1S/C20H26N4O.C2HF3O2/c1-3-23-12-17-13-24(19(25)18-11-15(2)21-22-18)10-9-20(17,14-23)16-7-5-4-6-8-16;3-2(4,5)1(6)7/h4-8,11,17H,3,9-10,12-14H2,1-2H3,(H,21,22);(H,6,7). The number of carbonyl (C=O) groups is 2. The van der Waals surface area contributed by atoms with Gasteiger partial charge in [0.2, 0.25) is 0 Å². The number of nitrogens with one attached hydrogen (secondary N) is 1. The van der Waals surface area contributed by atoms with Crippen LogP contribution in [0.3, 0.4) is 0 Å². The lowest BCUT2D eigenvalue weighted by Crippen LogP contribution is -2.51. The smallest absolute Gasteiger partial charge is 0.475 e. The molecule has 2 saturated heterocycles. The number of amides is 1. The monoisotopic (exact) mass is 452 g/mol. The molecule has 3 heterocycles. The van der Waals surface area contributed by atoms with E-state index in [0.717, 1.165) is 44.8 Å². The van der Waals surface area contributed by atoms with Crippen LogP contribution in [0.5, 0.6) is 0 Å². The fraction of sp³-hybridized carbons (Fsp3) is 0.500. The van der Waals surface area contributed by atoms with Crippen LogP contribution in [-0.4, -0.2) is 75.9 Å². The summed E-state index contributed by atoms with van der Waals surface area (Å²) < 4.78 is 31.7. The van der Waals surface area contributed by atoms with E-state index >= 15 is 0 Å². The maximum absolute atomic E-state index is 12.8. The molecule has 1 amide bonds. The molecule has 2 fully saturated rings. The van der Waals surface area contributed by atoms with E-state index < -0.39 is 12.1 Å². The van der Waals surface area contributed by atoms with Gasteiger partial charge >= 0.3 is 12.1 Å². The Labute approximate surface area is 184 Å². The molecule has 0 bridgehead atoms. The Morgan fingerprint density at radius 3 is 2.44 bits per heavy atom. The van der Waals surface area contributed by atoms with Gasteiger partial charge in [-0.15, -0.1) is 0 Å². The number of alkyl halides is 3. The largest absolute Gasteiger partial charge is 0.490 e. The second-order valence-electron chi connectivity index (χ2n) is 8.29. The molecule has 32 heavy (non-hydrogen) atoms. The number of aliphatic carboxylic acids is 1. The highest BCUT2D eigenvalue weighted by molar-refractivity contribution is 5.92. The van der Waals surface area contributed by atoms with E-state index in [9.17, 15) is 18.0 Å². The van der Waals surface area contributed by atoms with Gasteiger partial charge in [0.05, 0.1) is 0 Å². The van der Waals surface area contributed by atoms with Crippen molar-refractivity contribution in [1.82, 2.24) is 20.0 Å². The lowest BCUT2D eigenvalue weighted by Gasteiger charge is -2.44. The van der Waals surface area contributed by atoms with Crippen LogP contribution in [-0.2, 0) is 10.2 Å². The average Bonchev–Trinajstić information content (AvgIpc) is 3.37. The van der Waals surface area contributed by atoms with E-state index in [-0.39, 0.29) is 11.3 Å². The third-order valence-electron chi connectivity index (χ3n) is 6.29. The van der Waals surface area contributed by atoms with Gasteiger partial charge in [-0.2, -0.15) is 18.3 Å². The zero-order valence-electron chi connectivity index (χ0n) is 18.0. The van der Waals surface area contributed by atoms with E-state index in [1.807, 2.05) is 17.9 Å². The quantitative estimate of drug-likeness (QED) is 0.747. The fourth-order valence-electron chi connectivity index (χ4n) is 4.64. The van der Waals surface area contributed by atoms with E-state index in [2.05, 4.69) is 52.4 Å². The summed E-state index contributed by atoms with van der Waals surface area (Å²) in [5.74, 6) is -2.22. The predicted octanol–water partition coefficient (Wildman–Crippen LogP) is 3.09. The first kappa shape index (κ1) is 23.8. The second-order valence-corrected chi connectivity index (χ2v) is 8.29. The first-order valence-electron chi connectivity index (χ1n) is 10.5. The number of hydrogen-bond acceptors (Lipinski definition) is 4. The van der Waals surface area contributed by atoms with Crippen LogP contribution >= 0.6 is 0 Å². The summed E-state index contributed by atoms with van der Waals surface area (Å²) in [5, 5.41) is 14.2. The number of likely N-dealkylation sites (tertiary alicyclic amines) is 2. The molecule has 2 aliphatic heterocycles. The topological polar surface area (TPSA) is 89.5 Å². The number of aromatic amines is 1. The summed E-state index contributed by atoms with van der Waals surface area (Å²) >= 11 is 0. The van der Waals surface area contributed by atoms with Crippen molar-refractivity contribution in [2.75, 3.05) is 32.7 Å². The number of aryl methyl sites for hydroxylation is 1. The van der Waals surface area contributed by atoms with Gasteiger partial charge < -0.3 is 14.9 Å². The molecule has 0 spiro atoms. The Morgan fingerprint density at radius 1 is 1.25 bits per heavy atom. The molecule has 2 aromatic rings. The fourth-order valence-corrected chi connectivity index (χ4v) is 4.64. The van der Waals surface area contributed by atoms with Crippen LogP contribution in [0.15, 0.2) is 36.4 Å². The normalized spacial score (nSPS) is 23.3. The summed E-state index contributed by atoms with van der Waals surface area (Å²) in [4.78, 5) is 26.3. The Kier molecular flexibility index (Phi) is 6.92. The molecule has 2 aliphatic rings. The first-order valence-corrected chi connectivity index (χ1v) is 10.5. The van der Waals surface area contributed by atoms with E-state index in [1.54, 1.807) is 0 Å². The van der Waals surface area contributed by atoms with Gasteiger partial charge in [0.25, 0.3) is 5.91 Å². The number of rotatable bonds is 3. The Hall–Kier alpha value is -2.88. The van der Waals surface area contributed by atoms with Crippen molar-refractivity contribution in [3.63, 3.8) is 0 Å². The second kappa shape index (κ2) is 9.32. The van der Waals surface area contributed by atoms with Gasteiger partial charge in [0, 0.05) is 43.2 Å². The number of aromatic nitrogens is 2. The van der Waals surface area contributed by atoms with Gasteiger partial charge in [-0.25, -0.2) is 4.79 Å². The van der Waals surface area contributed by atoms with Crippen LogP contribution < -0.4 is 0 Å². The van der Waals surface area contributed by atoms with Crippen molar-refractivity contribution >= 4 is 11.9 Å².